The average Bonchev–Trinajstić information content (AvgIpc) is 3.30. The second-order valence-electron chi connectivity index (χ2n) is 5.49. The molecule has 2 rings (SSSR count). The highest BCUT2D eigenvalue weighted by Gasteiger charge is 2.20. The van der Waals surface area contributed by atoms with Gasteiger partial charge in [-0.05, 0) is 37.0 Å². The van der Waals surface area contributed by atoms with Crippen LogP contribution in [0.3, 0.4) is 0 Å². The molecule has 0 saturated heterocycles. The average molecular weight is 421 g/mol. The molecule has 0 heterocycles. The number of methoxy groups -OCH3 is 1. The van der Waals surface area contributed by atoms with E-state index in [0.717, 1.165) is 24.0 Å². The minimum atomic E-state index is -0.347. The third-order valence-corrected chi connectivity index (χ3v) is 3.79. The molecular formula is C16H25FIN3O. The molecule has 4 nitrogen and oxygen atoms in total. The molecule has 0 aromatic heterocycles. The zero-order valence-electron chi connectivity index (χ0n) is 13.4. The summed E-state index contributed by atoms with van der Waals surface area (Å²) >= 11 is 0. The van der Waals surface area contributed by atoms with E-state index in [4.69, 9.17) is 4.74 Å². The zero-order chi connectivity index (χ0) is 15.2. The normalized spacial score (nSPS) is 15.7. The van der Waals surface area contributed by atoms with Crippen molar-refractivity contribution in [1.82, 2.24) is 10.6 Å². The lowest BCUT2D eigenvalue weighted by Crippen LogP contribution is -2.39. The van der Waals surface area contributed by atoms with Crippen LogP contribution in [0.15, 0.2) is 23.2 Å². The van der Waals surface area contributed by atoms with Crippen molar-refractivity contribution in [3.63, 3.8) is 0 Å². The molecule has 1 aliphatic carbocycles. The van der Waals surface area contributed by atoms with Crippen molar-refractivity contribution in [3.8, 4) is 5.75 Å². The van der Waals surface area contributed by atoms with E-state index in [1.54, 1.807) is 13.1 Å². The lowest BCUT2D eigenvalue weighted by atomic mass is 10.1. The van der Waals surface area contributed by atoms with Crippen LogP contribution in [0, 0.1) is 11.7 Å². The largest absolute Gasteiger partial charge is 0.494 e. The van der Waals surface area contributed by atoms with E-state index in [1.807, 2.05) is 13.0 Å². The second kappa shape index (κ2) is 9.17. The first-order chi connectivity index (χ1) is 10.1. The molecule has 0 amide bonds. The topological polar surface area (TPSA) is 45.7 Å². The smallest absolute Gasteiger partial charge is 0.191 e. The van der Waals surface area contributed by atoms with E-state index in [1.165, 1.54) is 32.4 Å². The quantitative estimate of drug-likeness (QED) is 0.420. The van der Waals surface area contributed by atoms with Gasteiger partial charge < -0.3 is 15.4 Å². The number of nitrogens with one attached hydrogen (secondary N) is 2. The number of hydrogen-bond donors (Lipinski definition) is 2. The Labute approximate surface area is 148 Å². The Balaban J connectivity index is 0.00000242. The summed E-state index contributed by atoms with van der Waals surface area (Å²) in [6, 6.07) is 4.97. The number of ether oxygens (including phenoxy) is 1. The lowest BCUT2D eigenvalue weighted by molar-refractivity contribution is 0.386. The molecular weight excluding hydrogens is 396 g/mol. The van der Waals surface area contributed by atoms with Crippen molar-refractivity contribution in [2.24, 2.45) is 10.9 Å². The van der Waals surface area contributed by atoms with E-state index in [-0.39, 0.29) is 41.6 Å². The molecule has 0 radical (unpaired) electrons. The van der Waals surface area contributed by atoms with Gasteiger partial charge in [0.25, 0.3) is 0 Å². The highest BCUT2D eigenvalue weighted by atomic mass is 127. The maximum absolute atomic E-state index is 13.7. The van der Waals surface area contributed by atoms with Crippen molar-refractivity contribution in [1.29, 1.82) is 0 Å². The maximum atomic E-state index is 13.7. The van der Waals surface area contributed by atoms with Gasteiger partial charge in [-0.3, -0.25) is 4.99 Å². The lowest BCUT2D eigenvalue weighted by Gasteiger charge is -2.18. The second-order valence-corrected chi connectivity index (χ2v) is 5.49. The first-order valence-corrected chi connectivity index (χ1v) is 7.44. The van der Waals surface area contributed by atoms with Gasteiger partial charge in [0.05, 0.1) is 13.2 Å². The van der Waals surface area contributed by atoms with Crippen molar-refractivity contribution < 1.29 is 9.13 Å². The van der Waals surface area contributed by atoms with E-state index in [2.05, 4.69) is 15.6 Å². The number of aliphatic imine (C=N–C) groups is 1. The van der Waals surface area contributed by atoms with Crippen LogP contribution in [0.25, 0.3) is 0 Å². The predicted molar refractivity (Wildman–Crippen MR) is 98.6 cm³/mol. The van der Waals surface area contributed by atoms with Crippen LogP contribution in [0.4, 0.5) is 4.39 Å². The van der Waals surface area contributed by atoms with E-state index < -0.39 is 0 Å². The third kappa shape index (κ3) is 5.62. The van der Waals surface area contributed by atoms with Crippen molar-refractivity contribution in [2.45, 2.75) is 32.2 Å². The minimum Gasteiger partial charge on any atom is -0.494 e. The molecule has 0 spiro atoms. The number of guanidine groups is 1. The molecule has 124 valence electrons. The summed E-state index contributed by atoms with van der Waals surface area (Å²) in [4.78, 5) is 4.20. The van der Waals surface area contributed by atoms with Gasteiger partial charge in [-0.2, -0.15) is 0 Å². The molecule has 1 aromatic rings. The van der Waals surface area contributed by atoms with Crippen LogP contribution >= 0.6 is 24.0 Å². The Bertz CT molecular complexity index is 506. The fourth-order valence-electron chi connectivity index (χ4n) is 2.24. The van der Waals surface area contributed by atoms with Gasteiger partial charge in [-0.1, -0.05) is 18.9 Å². The Kier molecular flexibility index (Phi) is 7.92. The van der Waals surface area contributed by atoms with Crippen molar-refractivity contribution in [3.05, 3.63) is 29.6 Å². The molecule has 1 aliphatic rings. The summed E-state index contributed by atoms with van der Waals surface area (Å²) < 4.78 is 18.7. The molecule has 1 fully saturated rings. The number of halogens is 2. The fourth-order valence-corrected chi connectivity index (χ4v) is 2.24. The molecule has 1 saturated carbocycles. The molecule has 6 heteroatoms. The van der Waals surface area contributed by atoms with Crippen LogP contribution in [0.5, 0.6) is 5.75 Å². The van der Waals surface area contributed by atoms with Gasteiger partial charge in [0.15, 0.2) is 17.5 Å². The first-order valence-electron chi connectivity index (χ1n) is 7.44. The van der Waals surface area contributed by atoms with E-state index in [0.29, 0.717) is 0 Å². The molecule has 1 atom stereocenters. The summed E-state index contributed by atoms with van der Waals surface area (Å²) in [6.07, 6.45) is 3.90. The van der Waals surface area contributed by atoms with Gasteiger partial charge in [0, 0.05) is 13.6 Å². The predicted octanol–water partition coefficient (Wildman–Crippen LogP) is 3.48. The molecule has 0 bridgehead atoms. The standard InChI is InChI=1S/C16H24FN3O.HI/c1-11(13-6-7-15(21-3)14(17)10-13)20-16(18-2)19-9-8-12-4-5-12;/h6-7,10-12H,4-5,8-9H2,1-3H3,(H2,18,19,20);1H. The zero-order valence-corrected chi connectivity index (χ0v) is 15.7. The van der Waals surface area contributed by atoms with Gasteiger partial charge in [-0.15, -0.1) is 24.0 Å². The number of benzene rings is 1. The summed E-state index contributed by atoms with van der Waals surface area (Å²) in [6.45, 7) is 2.91. The Hall–Kier alpha value is -1.05. The van der Waals surface area contributed by atoms with Gasteiger partial charge in [0.1, 0.15) is 0 Å². The van der Waals surface area contributed by atoms with Crippen LogP contribution in [-0.2, 0) is 0 Å². The molecule has 2 N–H and O–H groups in total. The highest BCUT2D eigenvalue weighted by Crippen LogP contribution is 2.31. The molecule has 0 aliphatic heterocycles. The Morgan fingerprint density at radius 2 is 2.18 bits per heavy atom. The molecule has 1 unspecified atom stereocenters. The Morgan fingerprint density at radius 1 is 1.45 bits per heavy atom. The van der Waals surface area contributed by atoms with Crippen LogP contribution in [0.1, 0.15) is 37.8 Å². The van der Waals surface area contributed by atoms with Gasteiger partial charge in [-0.25, -0.2) is 4.39 Å². The summed E-state index contributed by atoms with van der Waals surface area (Å²) in [5.74, 6) is 1.56. The van der Waals surface area contributed by atoms with Crippen LogP contribution in [0.2, 0.25) is 0 Å². The number of rotatable bonds is 6. The van der Waals surface area contributed by atoms with E-state index >= 15 is 0 Å². The monoisotopic (exact) mass is 421 g/mol. The molecule has 22 heavy (non-hydrogen) atoms. The van der Waals surface area contributed by atoms with Gasteiger partial charge >= 0.3 is 0 Å². The molecule has 1 aromatic carbocycles. The first kappa shape index (κ1) is 19.0. The summed E-state index contributed by atoms with van der Waals surface area (Å²) in [5.41, 5.74) is 0.860. The highest BCUT2D eigenvalue weighted by molar-refractivity contribution is 14.0. The third-order valence-electron chi connectivity index (χ3n) is 3.79. The van der Waals surface area contributed by atoms with Crippen LogP contribution < -0.4 is 15.4 Å². The maximum Gasteiger partial charge on any atom is 0.191 e. The van der Waals surface area contributed by atoms with Crippen LogP contribution in [-0.4, -0.2) is 26.7 Å². The Morgan fingerprint density at radius 3 is 2.73 bits per heavy atom. The number of nitrogens with zero attached hydrogens (tertiary/aromatic N) is 1. The number of hydrogen-bond acceptors (Lipinski definition) is 2. The summed E-state index contributed by atoms with van der Waals surface area (Å²) in [7, 11) is 3.21. The summed E-state index contributed by atoms with van der Waals surface area (Å²) in [5, 5.41) is 6.57. The minimum absolute atomic E-state index is 0. The van der Waals surface area contributed by atoms with Gasteiger partial charge in [0.2, 0.25) is 0 Å². The van der Waals surface area contributed by atoms with Crippen molar-refractivity contribution >= 4 is 29.9 Å². The fraction of sp³-hybridized carbons (Fsp3) is 0.562. The van der Waals surface area contributed by atoms with Crippen molar-refractivity contribution in [2.75, 3.05) is 20.7 Å². The SMILES string of the molecule is CN=C(NCCC1CC1)NC(C)c1ccc(OC)c(F)c1.I. The van der Waals surface area contributed by atoms with E-state index in [9.17, 15) is 4.39 Å².